The molecule has 27 heavy (non-hydrogen) atoms. The first kappa shape index (κ1) is 18.3. The number of carbonyl (C=O) groups is 2. The van der Waals surface area contributed by atoms with Gasteiger partial charge in [0, 0.05) is 24.1 Å². The van der Waals surface area contributed by atoms with Gasteiger partial charge in [-0.3, -0.25) is 4.79 Å². The molecule has 0 aliphatic heterocycles. The number of rotatable bonds is 7. The molecule has 6 heteroatoms. The van der Waals surface area contributed by atoms with Gasteiger partial charge in [0.15, 0.2) is 6.61 Å². The number of methoxy groups -OCH3 is 2. The second-order valence-electron chi connectivity index (χ2n) is 5.71. The van der Waals surface area contributed by atoms with Crippen molar-refractivity contribution in [2.75, 3.05) is 20.8 Å². The van der Waals surface area contributed by atoms with Crippen molar-refractivity contribution in [3.05, 3.63) is 78.1 Å². The summed E-state index contributed by atoms with van der Waals surface area (Å²) in [4.78, 5) is 24.7. The molecule has 0 atom stereocenters. The van der Waals surface area contributed by atoms with E-state index in [0.29, 0.717) is 22.6 Å². The highest BCUT2D eigenvalue weighted by Crippen LogP contribution is 2.25. The number of aromatic nitrogens is 1. The number of nitrogens with zero attached hydrogens (tertiary/aromatic N) is 1. The van der Waals surface area contributed by atoms with Crippen LogP contribution in [0, 0.1) is 0 Å². The zero-order chi connectivity index (χ0) is 19.2. The molecular weight excluding hydrogens is 346 g/mol. The monoisotopic (exact) mass is 365 g/mol. The van der Waals surface area contributed by atoms with E-state index in [2.05, 4.69) is 0 Å². The molecule has 0 aliphatic carbocycles. The van der Waals surface area contributed by atoms with Crippen molar-refractivity contribution < 1.29 is 23.8 Å². The number of esters is 1. The molecule has 0 amide bonds. The Morgan fingerprint density at radius 3 is 2.41 bits per heavy atom. The van der Waals surface area contributed by atoms with Gasteiger partial charge in [0.25, 0.3) is 0 Å². The SMILES string of the molecule is COc1ccc(C(=O)COC(=O)c2cccc(-n3cccc3)c2)c(OC)c1. The van der Waals surface area contributed by atoms with E-state index in [0.717, 1.165) is 5.69 Å². The second-order valence-corrected chi connectivity index (χ2v) is 5.71. The van der Waals surface area contributed by atoms with Crippen LogP contribution in [0.25, 0.3) is 5.69 Å². The molecule has 2 aromatic carbocycles. The number of ether oxygens (including phenoxy) is 3. The van der Waals surface area contributed by atoms with Crippen LogP contribution in [0.1, 0.15) is 20.7 Å². The Balaban J connectivity index is 1.69. The molecule has 0 unspecified atom stereocenters. The average molecular weight is 365 g/mol. The van der Waals surface area contributed by atoms with Crippen LogP contribution in [0.5, 0.6) is 11.5 Å². The Kier molecular flexibility index (Phi) is 5.56. The van der Waals surface area contributed by atoms with Crippen LogP contribution in [0.3, 0.4) is 0 Å². The molecule has 138 valence electrons. The molecule has 0 saturated carbocycles. The lowest BCUT2D eigenvalue weighted by Gasteiger charge is -2.10. The largest absolute Gasteiger partial charge is 0.497 e. The first-order valence-corrected chi connectivity index (χ1v) is 8.28. The first-order chi connectivity index (χ1) is 13.1. The van der Waals surface area contributed by atoms with Crippen LogP contribution >= 0.6 is 0 Å². The van der Waals surface area contributed by atoms with Crippen LogP contribution in [0.15, 0.2) is 67.0 Å². The lowest BCUT2D eigenvalue weighted by molar-refractivity contribution is 0.0474. The normalized spacial score (nSPS) is 10.3. The van der Waals surface area contributed by atoms with Crippen molar-refractivity contribution in [2.24, 2.45) is 0 Å². The summed E-state index contributed by atoms with van der Waals surface area (Å²) in [5, 5.41) is 0. The zero-order valence-electron chi connectivity index (χ0n) is 15.0. The van der Waals surface area contributed by atoms with E-state index in [9.17, 15) is 9.59 Å². The Morgan fingerprint density at radius 2 is 1.70 bits per heavy atom. The summed E-state index contributed by atoms with van der Waals surface area (Å²) in [5.74, 6) is 0.0153. The molecule has 0 saturated heterocycles. The van der Waals surface area contributed by atoms with Gasteiger partial charge in [0.2, 0.25) is 5.78 Å². The fourth-order valence-electron chi connectivity index (χ4n) is 2.62. The number of benzene rings is 2. The second kappa shape index (κ2) is 8.23. The van der Waals surface area contributed by atoms with E-state index in [1.807, 2.05) is 35.2 Å². The first-order valence-electron chi connectivity index (χ1n) is 8.28. The predicted octanol–water partition coefficient (Wildman–Crippen LogP) is 3.53. The molecule has 0 N–H and O–H groups in total. The lowest BCUT2D eigenvalue weighted by atomic mass is 10.1. The van der Waals surface area contributed by atoms with E-state index < -0.39 is 5.97 Å². The summed E-state index contributed by atoms with van der Waals surface area (Å²) in [7, 11) is 2.99. The molecule has 6 nitrogen and oxygen atoms in total. The van der Waals surface area contributed by atoms with Gasteiger partial charge in [-0.05, 0) is 42.5 Å². The molecule has 3 rings (SSSR count). The van der Waals surface area contributed by atoms with Crippen LogP contribution in [-0.2, 0) is 4.74 Å². The summed E-state index contributed by atoms with van der Waals surface area (Å²) in [6.45, 7) is -0.380. The van der Waals surface area contributed by atoms with Gasteiger partial charge in [-0.1, -0.05) is 6.07 Å². The van der Waals surface area contributed by atoms with Crippen molar-refractivity contribution in [3.63, 3.8) is 0 Å². The number of carbonyl (C=O) groups excluding carboxylic acids is 2. The van der Waals surface area contributed by atoms with Crippen molar-refractivity contribution in [1.29, 1.82) is 0 Å². The highest BCUT2D eigenvalue weighted by molar-refractivity contribution is 6.01. The lowest BCUT2D eigenvalue weighted by Crippen LogP contribution is -2.15. The van der Waals surface area contributed by atoms with Gasteiger partial charge in [-0.25, -0.2) is 4.79 Å². The fourth-order valence-corrected chi connectivity index (χ4v) is 2.62. The Bertz CT molecular complexity index is 947. The molecule has 0 radical (unpaired) electrons. The van der Waals surface area contributed by atoms with E-state index in [1.165, 1.54) is 14.2 Å². The molecular formula is C21H19NO5. The number of ketones is 1. The van der Waals surface area contributed by atoms with Gasteiger partial charge < -0.3 is 18.8 Å². The van der Waals surface area contributed by atoms with Crippen molar-refractivity contribution in [2.45, 2.75) is 0 Å². The average Bonchev–Trinajstić information content (AvgIpc) is 3.26. The van der Waals surface area contributed by atoms with Gasteiger partial charge in [0.1, 0.15) is 11.5 Å². The predicted molar refractivity (Wildman–Crippen MR) is 99.9 cm³/mol. The van der Waals surface area contributed by atoms with Crippen LogP contribution < -0.4 is 9.47 Å². The summed E-state index contributed by atoms with van der Waals surface area (Å²) >= 11 is 0. The van der Waals surface area contributed by atoms with Crippen LogP contribution in [0.2, 0.25) is 0 Å². The van der Waals surface area contributed by atoms with Gasteiger partial charge in [0.05, 0.1) is 25.3 Å². The minimum atomic E-state index is -0.565. The zero-order valence-corrected chi connectivity index (χ0v) is 15.0. The minimum absolute atomic E-state index is 0.326. The maximum absolute atomic E-state index is 12.4. The summed E-state index contributed by atoms with van der Waals surface area (Å²) in [5.41, 5.74) is 1.53. The third-order valence-corrected chi connectivity index (χ3v) is 4.03. The maximum atomic E-state index is 12.4. The highest BCUT2D eigenvalue weighted by atomic mass is 16.5. The Labute approximate surface area is 156 Å². The molecule has 0 spiro atoms. The van der Waals surface area contributed by atoms with Crippen molar-refractivity contribution in [3.8, 4) is 17.2 Å². The van der Waals surface area contributed by atoms with Gasteiger partial charge in [-0.15, -0.1) is 0 Å². The Morgan fingerprint density at radius 1 is 0.926 bits per heavy atom. The summed E-state index contributed by atoms with van der Waals surface area (Å²) in [6, 6.07) is 15.6. The molecule has 1 heterocycles. The minimum Gasteiger partial charge on any atom is -0.497 e. The molecule has 0 bridgehead atoms. The number of hydrogen-bond acceptors (Lipinski definition) is 5. The summed E-state index contributed by atoms with van der Waals surface area (Å²) in [6.07, 6.45) is 3.76. The quantitative estimate of drug-likeness (QED) is 0.473. The topological polar surface area (TPSA) is 66.8 Å². The van der Waals surface area contributed by atoms with E-state index >= 15 is 0 Å². The van der Waals surface area contributed by atoms with Crippen LogP contribution in [0.4, 0.5) is 0 Å². The van der Waals surface area contributed by atoms with Gasteiger partial charge in [-0.2, -0.15) is 0 Å². The van der Waals surface area contributed by atoms with Gasteiger partial charge >= 0.3 is 5.97 Å². The highest BCUT2D eigenvalue weighted by Gasteiger charge is 2.16. The molecule has 0 aliphatic rings. The standard InChI is InChI=1S/C21H19NO5/c1-25-17-8-9-18(20(13-17)26-2)19(23)14-27-21(24)15-6-5-7-16(12-15)22-10-3-4-11-22/h3-13H,14H2,1-2H3. The molecule has 3 aromatic rings. The van der Waals surface area contributed by atoms with Crippen molar-refractivity contribution in [1.82, 2.24) is 4.57 Å². The fraction of sp³-hybridized carbons (Fsp3) is 0.143. The molecule has 0 fully saturated rings. The molecule has 1 aromatic heterocycles. The van der Waals surface area contributed by atoms with Crippen LogP contribution in [-0.4, -0.2) is 37.1 Å². The summed E-state index contributed by atoms with van der Waals surface area (Å²) < 4.78 is 17.4. The number of Topliss-reactive ketones (excluding diaryl/α,β-unsaturated/α-hetero) is 1. The maximum Gasteiger partial charge on any atom is 0.338 e. The van der Waals surface area contributed by atoms with E-state index in [4.69, 9.17) is 14.2 Å². The number of hydrogen-bond donors (Lipinski definition) is 0. The third kappa shape index (κ3) is 4.17. The van der Waals surface area contributed by atoms with Crippen molar-refractivity contribution >= 4 is 11.8 Å². The van der Waals surface area contributed by atoms with E-state index in [1.54, 1.807) is 36.4 Å². The third-order valence-electron chi connectivity index (χ3n) is 4.03. The Hall–Kier alpha value is -3.54. The van der Waals surface area contributed by atoms with E-state index in [-0.39, 0.29) is 12.4 Å². The smallest absolute Gasteiger partial charge is 0.338 e.